The monoisotopic (exact) mass is 778 g/mol. The zero-order chi connectivity index (χ0) is 40.8. The molecular weight excluding hydrogens is 712 g/mol. The molecule has 0 aromatic heterocycles. The molecule has 56 heavy (non-hydrogen) atoms. The lowest BCUT2D eigenvalue weighted by molar-refractivity contribution is -0.182. The summed E-state index contributed by atoms with van der Waals surface area (Å²) in [5.41, 5.74) is 4.03. The lowest BCUT2D eigenvalue weighted by Gasteiger charge is -2.60. The first-order chi connectivity index (χ1) is 26.3. The van der Waals surface area contributed by atoms with Crippen molar-refractivity contribution in [2.75, 3.05) is 6.61 Å². The van der Waals surface area contributed by atoms with E-state index in [9.17, 15) is 39.9 Å². The number of hydrogen-bond acceptors (Lipinski definition) is 10. The van der Waals surface area contributed by atoms with E-state index < -0.39 is 54.2 Å². The Balaban J connectivity index is 0.000000191. The van der Waals surface area contributed by atoms with E-state index in [2.05, 4.69) is 45.4 Å². The molecule has 5 N–H and O–H groups in total. The van der Waals surface area contributed by atoms with Crippen LogP contribution in [0.3, 0.4) is 0 Å². The van der Waals surface area contributed by atoms with E-state index in [1.807, 2.05) is 13.0 Å². The lowest BCUT2D eigenvalue weighted by atomic mass is 9.45. The Morgan fingerprint density at radius 3 is 2.39 bits per heavy atom. The molecule has 10 heteroatoms. The molecule has 0 aromatic rings. The van der Waals surface area contributed by atoms with Gasteiger partial charge >= 0.3 is 5.97 Å². The Labute approximate surface area is 332 Å². The van der Waals surface area contributed by atoms with Gasteiger partial charge in [0.2, 0.25) is 6.29 Å². The van der Waals surface area contributed by atoms with Gasteiger partial charge in [0.25, 0.3) is 0 Å². The minimum Gasteiger partial charge on any atom is -0.429 e. The molecule has 3 fully saturated rings. The van der Waals surface area contributed by atoms with Crippen LogP contribution >= 0.6 is 0 Å². The number of aliphatic hydroxyl groups excluding tert-OH is 4. The first kappa shape index (κ1) is 42.9. The van der Waals surface area contributed by atoms with Crippen LogP contribution < -0.4 is 0 Å². The number of fused-ring (bicyclic) bond motifs is 5. The summed E-state index contributed by atoms with van der Waals surface area (Å²) in [4.78, 5) is 35.5. The van der Waals surface area contributed by atoms with Crippen LogP contribution in [0, 0.1) is 39.9 Å². The zero-order valence-electron chi connectivity index (χ0n) is 34.4. The summed E-state index contributed by atoms with van der Waals surface area (Å²) in [6.07, 6.45) is 17.7. The largest absolute Gasteiger partial charge is 0.429 e. The molecule has 0 bridgehead atoms. The molecule has 0 spiro atoms. The number of cyclic esters (lactones) is 1. The van der Waals surface area contributed by atoms with Crippen molar-refractivity contribution in [1.82, 2.24) is 0 Å². The molecule has 0 radical (unpaired) electrons. The minimum absolute atomic E-state index is 0.0697. The normalized spacial score (nSPS) is 40.4. The molecule has 0 saturated heterocycles. The molecule has 10 nitrogen and oxygen atoms in total. The molecule has 3 saturated carbocycles. The average Bonchev–Trinajstić information content (AvgIpc) is 3.62. The maximum Gasteiger partial charge on any atom is 0.333 e. The molecule has 0 amide bonds. The molecule has 3 unspecified atom stereocenters. The van der Waals surface area contributed by atoms with Gasteiger partial charge in [-0.15, -0.1) is 0 Å². The third-order valence-electron chi connectivity index (χ3n) is 15.4. The van der Waals surface area contributed by atoms with Gasteiger partial charge in [-0.25, -0.2) is 4.79 Å². The van der Waals surface area contributed by atoms with E-state index in [-0.39, 0.29) is 34.9 Å². The Morgan fingerprint density at radius 2 is 1.73 bits per heavy atom. The highest BCUT2D eigenvalue weighted by atomic mass is 16.6. The summed E-state index contributed by atoms with van der Waals surface area (Å²) in [6, 6.07) is 0. The fraction of sp³-hybridized carbons (Fsp3) is 0.717. The quantitative estimate of drug-likeness (QED) is 0.129. The number of allylic oxidation sites excluding steroid dienone is 5. The number of esters is 1. The van der Waals surface area contributed by atoms with Gasteiger partial charge in [0.15, 0.2) is 17.9 Å². The van der Waals surface area contributed by atoms with Crippen molar-refractivity contribution in [3.63, 3.8) is 0 Å². The first-order valence-corrected chi connectivity index (χ1v) is 21.1. The fourth-order valence-electron chi connectivity index (χ4n) is 12.2. The van der Waals surface area contributed by atoms with Crippen molar-refractivity contribution >= 4 is 17.5 Å². The smallest absolute Gasteiger partial charge is 0.333 e. The van der Waals surface area contributed by atoms with Gasteiger partial charge in [-0.1, -0.05) is 68.2 Å². The van der Waals surface area contributed by atoms with Gasteiger partial charge in [-0.05, 0) is 132 Å². The summed E-state index contributed by atoms with van der Waals surface area (Å²) in [5.74, 6) is -0.557. The highest BCUT2D eigenvalue weighted by Crippen LogP contribution is 2.67. The van der Waals surface area contributed by atoms with E-state index in [0.717, 1.165) is 51.4 Å². The van der Waals surface area contributed by atoms with Crippen LogP contribution in [0.2, 0.25) is 0 Å². The molecule has 310 valence electrons. The zero-order valence-corrected chi connectivity index (χ0v) is 34.4. The highest BCUT2D eigenvalue weighted by molar-refractivity contribution is 5.92. The van der Waals surface area contributed by atoms with Crippen molar-refractivity contribution in [3.8, 4) is 0 Å². The third-order valence-corrected chi connectivity index (χ3v) is 15.4. The second kappa shape index (κ2) is 16.5. The van der Waals surface area contributed by atoms with Crippen LogP contribution in [0.4, 0.5) is 0 Å². The Bertz CT molecular complexity index is 1700. The summed E-state index contributed by atoms with van der Waals surface area (Å²) in [7, 11) is 0. The molecule has 11 atom stereocenters. The highest BCUT2D eigenvalue weighted by Gasteiger charge is 2.68. The number of carbonyl (C=O) groups excluding carboxylic acids is 3. The molecular formula is C46H66O10. The summed E-state index contributed by atoms with van der Waals surface area (Å²) in [5, 5.41) is 51.8. The van der Waals surface area contributed by atoms with Gasteiger partial charge in [0.05, 0.1) is 6.10 Å². The van der Waals surface area contributed by atoms with Crippen molar-refractivity contribution in [3.05, 3.63) is 58.2 Å². The molecule has 7 rings (SSSR count). The van der Waals surface area contributed by atoms with Crippen molar-refractivity contribution in [2.24, 2.45) is 39.9 Å². The average molecular weight is 779 g/mol. The molecule has 5 aliphatic carbocycles. The van der Waals surface area contributed by atoms with Gasteiger partial charge < -0.3 is 35.0 Å². The fourth-order valence-corrected chi connectivity index (χ4v) is 12.2. The summed E-state index contributed by atoms with van der Waals surface area (Å²) < 4.78 is 10.3. The number of aliphatic hydroxyl groups is 5. The van der Waals surface area contributed by atoms with E-state index in [0.29, 0.717) is 30.3 Å². The molecule has 7 aliphatic rings. The van der Waals surface area contributed by atoms with Crippen LogP contribution in [0.1, 0.15) is 131 Å². The van der Waals surface area contributed by atoms with Crippen LogP contribution in [-0.2, 0) is 23.9 Å². The number of hydrogen-bond donors (Lipinski definition) is 5. The topological polar surface area (TPSA) is 171 Å². The van der Waals surface area contributed by atoms with Gasteiger partial charge in [0.1, 0.15) is 18.3 Å². The van der Waals surface area contributed by atoms with Crippen LogP contribution in [0.25, 0.3) is 0 Å². The lowest BCUT2D eigenvalue weighted by Crippen LogP contribution is -2.62. The van der Waals surface area contributed by atoms with E-state index >= 15 is 0 Å². The van der Waals surface area contributed by atoms with Gasteiger partial charge in [0, 0.05) is 29.4 Å². The SMILES string of the molecule is CC1=C(CC/C(C)=C/CCC2C=C[C@H](C3=CC(=O)OC3O)OC2O)C(C)(C)CCC1.C[C@]12CCC(=O)C=C1CC[C@@H]1[C@@H]2[C@@H](O)C[C@@]2(C)[C@H]1CC[C@]2(O)C(=O)CO. The number of Topliss-reactive ketones (excluding diaryl/α,β-unsaturated/α-hetero) is 1. The molecule has 2 aliphatic heterocycles. The van der Waals surface area contributed by atoms with Crippen molar-refractivity contribution < 1.29 is 49.4 Å². The maximum atomic E-state index is 12.4. The Hall–Kier alpha value is -2.73. The summed E-state index contributed by atoms with van der Waals surface area (Å²) in [6.45, 7) is 12.7. The predicted octanol–water partition coefficient (Wildman–Crippen LogP) is 6.49. The van der Waals surface area contributed by atoms with E-state index in [1.165, 1.54) is 36.5 Å². The van der Waals surface area contributed by atoms with Crippen LogP contribution in [0.5, 0.6) is 0 Å². The third kappa shape index (κ3) is 8.00. The molecule has 0 aromatic carbocycles. The predicted molar refractivity (Wildman–Crippen MR) is 211 cm³/mol. The minimum atomic E-state index is -1.54. The second-order valence-electron chi connectivity index (χ2n) is 19.1. The Morgan fingerprint density at radius 1 is 0.982 bits per heavy atom. The second-order valence-corrected chi connectivity index (χ2v) is 19.1. The van der Waals surface area contributed by atoms with Crippen molar-refractivity contribution in [2.45, 2.75) is 162 Å². The molecule has 2 heterocycles. The van der Waals surface area contributed by atoms with Crippen LogP contribution in [0.15, 0.2) is 58.2 Å². The standard InChI is InChI=1S/C25H36O5.C21H30O5/c1-16(10-12-20-17(2)8-6-14-25(20,3)4)7-5-9-18-11-13-21(29-23(18)27)19-15-22(26)30-24(19)28;1-19-7-5-13(23)9-12(19)3-4-14-15-6-8-21(26,17(25)11-22)20(15,2)10-16(24)18(14)19/h7,11,13,15,18,21,23-24,27-28H,5-6,8-10,12,14H2,1-4H3;9,14-16,18,22,24,26H,3-8,10-11H2,1-2H3/b16-7+;/t18?,21-,23?,24?;14-,15-,16-,18+,19-,20-,21-/m10/s1. The summed E-state index contributed by atoms with van der Waals surface area (Å²) >= 11 is 0. The number of ether oxygens (including phenoxy) is 2. The van der Waals surface area contributed by atoms with E-state index in [1.54, 1.807) is 23.3 Å². The number of rotatable bonds is 9. The van der Waals surface area contributed by atoms with Gasteiger partial charge in [-0.2, -0.15) is 0 Å². The van der Waals surface area contributed by atoms with E-state index in [4.69, 9.17) is 4.74 Å². The van der Waals surface area contributed by atoms with Crippen LogP contribution in [-0.4, -0.2) is 80.1 Å². The Kier molecular flexibility index (Phi) is 12.6. The van der Waals surface area contributed by atoms with Crippen molar-refractivity contribution in [1.29, 1.82) is 0 Å². The number of ketones is 2. The van der Waals surface area contributed by atoms with Gasteiger partial charge in [-0.3, -0.25) is 9.59 Å². The number of carbonyl (C=O) groups is 3. The first-order valence-electron chi connectivity index (χ1n) is 21.1. The maximum absolute atomic E-state index is 12.4.